The largest absolute Gasteiger partial charge is 0.328 e. The van der Waals surface area contributed by atoms with Crippen molar-refractivity contribution >= 4 is 0 Å². The van der Waals surface area contributed by atoms with E-state index in [9.17, 15) is 8.78 Å². The number of nitrogens with one attached hydrogen (secondary N) is 1. The molecule has 0 radical (unpaired) electrons. The van der Waals surface area contributed by atoms with Gasteiger partial charge in [-0.15, -0.1) is 0 Å². The summed E-state index contributed by atoms with van der Waals surface area (Å²) in [6.45, 7) is 1.80. The summed E-state index contributed by atoms with van der Waals surface area (Å²) in [5.41, 5.74) is 5.97. The van der Waals surface area contributed by atoms with Gasteiger partial charge >= 0.3 is 0 Å². The summed E-state index contributed by atoms with van der Waals surface area (Å²) in [7, 11) is 0. The maximum absolute atomic E-state index is 13.6. The Labute approximate surface area is 107 Å². The second kappa shape index (κ2) is 5.76. The Hall–Kier alpha value is -1.00. The molecule has 0 bridgehead atoms. The van der Waals surface area contributed by atoms with E-state index in [4.69, 9.17) is 5.73 Å². The molecule has 4 heteroatoms. The van der Waals surface area contributed by atoms with Crippen molar-refractivity contribution in [3.8, 4) is 0 Å². The molecule has 100 valence electrons. The highest BCUT2D eigenvalue weighted by Crippen LogP contribution is 2.24. The summed E-state index contributed by atoms with van der Waals surface area (Å²) in [6, 6.07) is 4.26. The van der Waals surface area contributed by atoms with Gasteiger partial charge in [0.05, 0.1) is 0 Å². The molecule has 18 heavy (non-hydrogen) atoms. The summed E-state index contributed by atoms with van der Waals surface area (Å²) < 4.78 is 27.2. The molecular weight excluding hydrogens is 234 g/mol. The highest BCUT2D eigenvalue weighted by atomic mass is 19.1. The highest BCUT2D eigenvalue weighted by Gasteiger charge is 2.22. The van der Waals surface area contributed by atoms with Gasteiger partial charge in [0.2, 0.25) is 0 Å². The van der Waals surface area contributed by atoms with E-state index in [0.29, 0.717) is 6.04 Å². The van der Waals surface area contributed by atoms with E-state index in [1.165, 1.54) is 18.2 Å². The molecule has 0 spiro atoms. The zero-order valence-corrected chi connectivity index (χ0v) is 10.6. The van der Waals surface area contributed by atoms with Crippen LogP contribution in [-0.4, -0.2) is 12.1 Å². The van der Waals surface area contributed by atoms with Gasteiger partial charge in [-0.25, -0.2) is 8.78 Å². The number of hydrogen-bond donors (Lipinski definition) is 2. The fourth-order valence-electron chi connectivity index (χ4n) is 2.65. The Morgan fingerprint density at radius 1 is 1.17 bits per heavy atom. The van der Waals surface area contributed by atoms with Gasteiger partial charge in [-0.3, -0.25) is 0 Å². The highest BCUT2D eigenvalue weighted by molar-refractivity contribution is 5.22. The molecule has 0 heterocycles. The molecule has 2 nitrogen and oxygen atoms in total. The molecule has 1 fully saturated rings. The van der Waals surface area contributed by atoms with Crippen LogP contribution in [0, 0.1) is 11.6 Å². The van der Waals surface area contributed by atoms with Gasteiger partial charge in [-0.2, -0.15) is 0 Å². The quantitative estimate of drug-likeness (QED) is 0.870. The van der Waals surface area contributed by atoms with Crippen molar-refractivity contribution in [1.29, 1.82) is 0 Å². The molecule has 3 N–H and O–H groups in total. The number of nitrogens with two attached hydrogens (primary N) is 1. The van der Waals surface area contributed by atoms with E-state index in [1.807, 2.05) is 0 Å². The first kappa shape index (κ1) is 13.4. The summed E-state index contributed by atoms with van der Waals surface area (Å²) >= 11 is 0. The molecular formula is C14H20F2N2. The van der Waals surface area contributed by atoms with E-state index in [2.05, 4.69) is 5.32 Å². The molecule has 1 aliphatic rings. The molecule has 1 aliphatic carbocycles. The molecule has 0 aliphatic heterocycles. The van der Waals surface area contributed by atoms with Crippen molar-refractivity contribution in [3.05, 3.63) is 35.4 Å². The van der Waals surface area contributed by atoms with Gasteiger partial charge in [0, 0.05) is 23.7 Å². The van der Waals surface area contributed by atoms with Crippen LogP contribution < -0.4 is 11.1 Å². The fourth-order valence-corrected chi connectivity index (χ4v) is 2.65. The van der Waals surface area contributed by atoms with Crippen molar-refractivity contribution in [1.82, 2.24) is 5.32 Å². The van der Waals surface area contributed by atoms with Crippen molar-refractivity contribution in [2.24, 2.45) is 5.73 Å². The Kier molecular flexibility index (Phi) is 4.30. The predicted octanol–water partition coefficient (Wildman–Crippen LogP) is 2.89. The standard InChI is InChI=1S/C14H20F2N2/c1-9(14-12(15)3-2-4-13(14)16)18-11-7-5-10(17)6-8-11/h2-4,9-11,18H,5-8,17H2,1H3. The predicted molar refractivity (Wildman–Crippen MR) is 68.1 cm³/mol. The third-order valence-corrected chi connectivity index (χ3v) is 3.69. The Balaban J connectivity index is 2.01. The van der Waals surface area contributed by atoms with Crippen molar-refractivity contribution in [3.63, 3.8) is 0 Å². The summed E-state index contributed by atoms with van der Waals surface area (Å²) in [5.74, 6) is -0.968. The minimum Gasteiger partial charge on any atom is -0.328 e. The van der Waals surface area contributed by atoms with Gasteiger partial charge in [-0.05, 0) is 44.7 Å². The molecule has 0 amide bonds. The SMILES string of the molecule is CC(NC1CCC(N)CC1)c1c(F)cccc1F. The fraction of sp³-hybridized carbons (Fsp3) is 0.571. The van der Waals surface area contributed by atoms with Gasteiger partial charge in [0.25, 0.3) is 0 Å². The second-order valence-electron chi connectivity index (χ2n) is 5.14. The zero-order valence-electron chi connectivity index (χ0n) is 10.6. The lowest BCUT2D eigenvalue weighted by molar-refractivity contribution is 0.316. The third-order valence-electron chi connectivity index (χ3n) is 3.69. The summed E-state index contributed by atoms with van der Waals surface area (Å²) in [5, 5.41) is 3.30. The van der Waals surface area contributed by atoms with Crippen molar-refractivity contribution in [2.45, 2.75) is 50.7 Å². The summed E-state index contributed by atoms with van der Waals surface area (Å²) in [6.07, 6.45) is 3.90. The first-order valence-corrected chi connectivity index (χ1v) is 6.53. The Morgan fingerprint density at radius 3 is 2.28 bits per heavy atom. The van der Waals surface area contributed by atoms with Gasteiger partial charge in [0.15, 0.2) is 0 Å². The van der Waals surface area contributed by atoms with Gasteiger partial charge in [-0.1, -0.05) is 6.07 Å². The maximum atomic E-state index is 13.6. The average Bonchev–Trinajstić information content (AvgIpc) is 2.32. The number of hydrogen-bond acceptors (Lipinski definition) is 2. The van der Waals surface area contributed by atoms with Crippen LogP contribution in [0.5, 0.6) is 0 Å². The third kappa shape index (κ3) is 3.06. The lowest BCUT2D eigenvalue weighted by Crippen LogP contribution is -2.38. The normalized spacial score (nSPS) is 26.0. The molecule has 1 unspecified atom stereocenters. The number of halogens is 2. The molecule has 1 aromatic carbocycles. The first-order valence-electron chi connectivity index (χ1n) is 6.53. The zero-order chi connectivity index (χ0) is 13.1. The van der Waals surface area contributed by atoms with Gasteiger partial charge in [0.1, 0.15) is 11.6 Å². The van der Waals surface area contributed by atoms with E-state index >= 15 is 0 Å². The monoisotopic (exact) mass is 254 g/mol. The van der Waals surface area contributed by atoms with E-state index in [-0.39, 0.29) is 17.6 Å². The lowest BCUT2D eigenvalue weighted by atomic mass is 9.91. The molecule has 1 aromatic rings. The van der Waals surface area contributed by atoms with E-state index < -0.39 is 11.6 Å². The smallest absolute Gasteiger partial charge is 0.130 e. The molecule has 0 aromatic heterocycles. The minimum absolute atomic E-state index is 0.132. The summed E-state index contributed by atoms with van der Waals surface area (Å²) in [4.78, 5) is 0. The maximum Gasteiger partial charge on any atom is 0.130 e. The number of rotatable bonds is 3. The number of benzene rings is 1. The Bertz CT molecular complexity index is 381. The molecule has 2 rings (SSSR count). The molecule has 1 atom stereocenters. The van der Waals surface area contributed by atoms with E-state index in [0.717, 1.165) is 25.7 Å². The van der Waals surface area contributed by atoms with Crippen LogP contribution in [-0.2, 0) is 0 Å². The Morgan fingerprint density at radius 2 is 1.72 bits per heavy atom. The van der Waals surface area contributed by atoms with Crippen molar-refractivity contribution in [2.75, 3.05) is 0 Å². The van der Waals surface area contributed by atoms with Gasteiger partial charge < -0.3 is 11.1 Å². The lowest BCUT2D eigenvalue weighted by Gasteiger charge is -2.29. The van der Waals surface area contributed by atoms with Crippen LogP contribution >= 0.6 is 0 Å². The molecule has 1 saturated carbocycles. The van der Waals surface area contributed by atoms with Crippen LogP contribution in [0.25, 0.3) is 0 Å². The van der Waals surface area contributed by atoms with Crippen LogP contribution in [0.4, 0.5) is 8.78 Å². The van der Waals surface area contributed by atoms with E-state index in [1.54, 1.807) is 6.92 Å². The van der Waals surface area contributed by atoms with Crippen molar-refractivity contribution < 1.29 is 8.78 Å². The molecule has 0 saturated heterocycles. The average molecular weight is 254 g/mol. The van der Waals surface area contributed by atoms with Crippen LogP contribution in [0.15, 0.2) is 18.2 Å². The van der Waals surface area contributed by atoms with Crippen LogP contribution in [0.3, 0.4) is 0 Å². The second-order valence-corrected chi connectivity index (χ2v) is 5.14. The topological polar surface area (TPSA) is 38.0 Å². The minimum atomic E-state index is -0.484. The van der Waals surface area contributed by atoms with Crippen LogP contribution in [0.2, 0.25) is 0 Å². The first-order chi connectivity index (χ1) is 8.58. The van der Waals surface area contributed by atoms with Crippen LogP contribution in [0.1, 0.15) is 44.2 Å².